The van der Waals surface area contributed by atoms with Gasteiger partial charge in [0.1, 0.15) is 0 Å². The van der Waals surface area contributed by atoms with Crippen molar-refractivity contribution in [2.75, 3.05) is 31.7 Å². The summed E-state index contributed by atoms with van der Waals surface area (Å²) in [7, 11) is 1.59. The second-order valence-corrected chi connectivity index (χ2v) is 12.8. The molecule has 1 fully saturated rings. The van der Waals surface area contributed by atoms with E-state index in [0.29, 0.717) is 48.1 Å². The third-order valence-electron chi connectivity index (χ3n) is 8.91. The molecule has 10 heteroatoms. The summed E-state index contributed by atoms with van der Waals surface area (Å²) < 4.78 is 16.6. The van der Waals surface area contributed by atoms with E-state index in [1.807, 2.05) is 74.5 Å². The molecule has 0 radical (unpaired) electrons. The van der Waals surface area contributed by atoms with Crippen molar-refractivity contribution in [3.63, 3.8) is 0 Å². The zero-order chi connectivity index (χ0) is 33.2. The summed E-state index contributed by atoms with van der Waals surface area (Å²) >= 11 is 6.25. The van der Waals surface area contributed by atoms with Crippen LogP contribution in [0.25, 0.3) is 0 Å². The Morgan fingerprint density at radius 1 is 1.02 bits per heavy atom. The quantitative estimate of drug-likeness (QED) is 0.291. The van der Waals surface area contributed by atoms with E-state index in [2.05, 4.69) is 0 Å². The molecule has 1 N–H and O–H groups in total. The third kappa shape index (κ3) is 7.00. The standard InChI is InChI=1S/C36H41ClN2O7/c1-22(2)46-32-20-30-25(18-31(32)44-5)19-33(41)39(35(30)24-6-10-28(37)11-7-24)29-12-8-26(9-13-29)36(4,43)27-14-16-38(17-15-27)34(42)21-45-23(3)40/h6-13,18,20,22,27,35,43H,14-17,19,21H2,1-5H3/t35-,36-/m0/s1. The lowest BCUT2D eigenvalue weighted by Gasteiger charge is -2.40. The highest BCUT2D eigenvalue weighted by Crippen LogP contribution is 2.44. The molecule has 244 valence electrons. The molecule has 46 heavy (non-hydrogen) atoms. The van der Waals surface area contributed by atoms with Crippen molar-refractivity contribution in [3.8, 4) is 11.5 Å². The van der Waals surface area contributed by atoms with Gasteiger partial charge in [0.2, 0.25) is 5.91 Å². The molecule has 2 amide bonds. The van der Waals surface area contributed by atoms with E-state index in [0.717, 1.165) is 22.3 Å². The molecule has 1 saturated heterocycles. The van der Waals surface area contributed by atoms with Crippen molar-refractivity contribution < 1.29 is 33.7 Å². The number of nitrogens with zero attached hydrogens (tertiary/aromatic N) is 2. The number of likely N-dealkylation sites (tertiary alicyclic amines) is 1. The molecular weight excluding hydrogens is 608 g/mol. The number of hydrogen-bond acceptors (Lipinski definition) is 7. The molecule has 0 aromatic heterocycles. The van der Waals surface area contributed by atoms with Crippen LogP contribution in [-0.2, 0) is 31.1 Å². The number of halogens is 1. The number of benzene rings is 3. The topological polar surface area (TPSA) is 106 Å². The number of esters is 1. The van der Waals surface area contributed by atoms with Crippen LogP contribution in [0.3, 0.4) is 0 Å². The van der Waals surface area contributed by atoms with Crippen LogP contribution in [0.4, 0.5) is 5.69 Å². The van der Waals surface area contributed by atoms with Gasteiger partial charge in [-0.05, 0) is 98.2 Å². The van der Waals surface area contributed by atoms with Crippen molar-refractivity contribution in [1.82, 2.24) is 4.90 Å². The number of amides is 2. The molecule has 3 aromatic carbocycles. The number of carbonyl (C=O) groups is 3. The number of carbonyl (C=O) groups excluding carboxylic acids is 3. The van der Waals surface area contributed by atoms with Crippen LogP contribution < -0.4 is 14.4 Å². The molecule has 0 saturated carbocycles. The molecule has 2 heterocycles. The first-order chi connectivity index (χ1) is 21.9. The van der Waals surface area contributed by atoms with Gasteiger partial charge >= 0.3 is 5.97 Å². The van der Waals surface area contributed by atoms with Gasteiger partial charge in [-0.1, -0.05) is 35.9 Å². The number of ether oxygens (including phenoxy) is 3. The van der Waals surface area contributed by atoms with E-state index < -0.39 is 17.6 Å². The van der Waals surface area contributed by atoms with Crippen LogP contribution >= 0.6 is 11.6 Å². The highest BCUT2D eigenvalue weighted by atomic mass is 35.5. The Morgan fingerprint density at radius 2 is 1.67 bits per heavy atom. The maximum Gasteiger partial charge on any atom is 0.303 e. The molecule has 9 nitrogen and oxygen atoms in total. The van der Waals surface area contributed by atoms with Crippen molar-refractivity contribution >= 4 is 35.1 Å². The predicted molar refractivity (Wildman–Crippen MR) is 175 cm³/mol. The van der Waals surface area contributed by atoms with Gasteiger partial charge in [0, 0.05) is 30.7 Å². The largest absolute Gasteiger partial charge is 0.493 e. The molecule has 0 bridgehead atoms. The molecule has 0 aliphatic carbocycles. The highest BCUT2D eigenvalue weighted by molar-refractivity contribution is 6.30. The average Bonchev–Trinajstić information content (AvgIpc) is 3.03. The van der Waals surface area contributed by atoms with Gasteiger partial charge < -0.3 is 29.1 Å². The first-order valence-electron chi connectivity index (χ1n) is 15.6. The number of hydrogen-bond donors (Lipinski definition) is 1. The van der Waals surface area contributed by atoms with Gasteiger partial charge in [-0.15, -0.1) is 0 Å². The Labute approximate surface area is 275 Å². The number of fused-ring (bicyclic) bond motifs is 1. The Balaban J connectivity index is 1.43. The van der Waals surface area contributed by atoms with Crippen LogP contribution in [0, 0.1) is 5.92 Å². The van der Waals surface area contributed by atoms with Gasteiger partial charge in [-0.2, -0.15) is 0 Å². The second-order valence-electron chi connectivity index (χ2n) is 12.4. The van der Waals surface area contributed by atoms with E-state index in [9.17, 15) is 19.5 Å². The summed E-state index contributed by atoms with van der Waals surface area (Å²) in [5.74, 6) is 0.301. The number of aliphatic hydroxyl groups is 1. The minimum absolute atomic E-state index is 0.0719. The first-order valence-corrected chi connectivity index (χ1v) is 16.0. The molecule has 0 spiro atoms. The summed E-state index contributed by atoms with van der Waals surface area (Å²) in [6, 6.07) is 18.4. The van der Waals surface area contributed by atoms with Crippen molar-refractivity contribution in [2.45, 2.75) is 64.7 Å². The maximum atomic E-state index is 13.9. The van der Waals surface area contributed by atoms with Crippen molar-refractivity contribution in [2.24, 2.45) is 5.92 Å². The number of methoxy groups -OCH3 is 1. The van der Waals surface area contributed by atoms with Crippen LogP contribution in [-0.4, -0.2) is 60.7 Å². The van der Waals surface area contributed by atoms with E-state index in [1.165, 1.54) is 6.92 Å². The maximum absolute atomic E-state index is 13.9. The molecule has 3 aromatic rings. The minimum atomic E-state index is -1.16. The predicted octanol–water partition coefficient (Wildman–Crippen LogP) is 5.82. The van der Waals surface area contributed by atoms with Crippen molar-refractivity contribution in [1.29, 1.82) is 0 Å². The second kappa shape index (κ2) is 13.7. The fourth-order valence-corrected chi connectivity index (χ4v) is 6.60. The summed E-state index contributed by atoms with van der Waals surface area (Å²) in [5.41, 5.74) is 2.97. The fourth-order valence-electron chi connectivity index (χ4n) is 6.47. The molecule has 2 aliphatic rings. The Morgan fingerprint density at radius 3 is 2.26 bits per heavy atom. The Kier molecular flexibility index (Phi) is 9.93. The molecular formula is C36H41ClN2O7. The van der Waals surface area contributed by atoms with E-state index in [-0.39, 0.29) is 36.9 Å². The Hall–Kier alpha value is -4.08. The van der Waals surface area contributed by atoms with E-state index in [4.69, 9.17) is 25.8 Å². The smallest absolute Gasteiger partial charge is 0.303 e. The van der Waals surface area contributed by atoms with Gasteiger partial charge in [-0.25, -0.2) is 0 Å². The van der Waals surface area contributed by atoms with E-state index in [1.54, 1.807) is 23.8 Å². The van der Waals surface area contributed by atoms with E-state index >= 15 is 0 Å². The minimum Gasteiger partial charge on any atom is -0.493 e. The first kappa shape index (κ1) is 33.3. The fraction of sp³-hybridized carbons (Fsp3) is 0.417. The van der Waals surface area contributed by atoms with Crippen LogP contribution in [0.15, 0.2) is 60.7 Å². The van der Waals surface area contributed by atoms with Crippen LogP contribution in [0.2, 0.25) is 5.02 Å². The number of rotatable bonds is 9. The lowest BCUT2D eigenvalue weighted by atomic mass is 9.77. The zero-order valence-electron chi connectivity index (χ0n) is 26.9. The average molecular weight is 649 g/mol. The molecule has 2 aliphatic heterocycles. The summed E-state index contributed by atoms with van der Waals surface area (Å²) in [4.78, 5) is 40.8. The van der Waals surface area contributed by atoms with Gasteiger partial charge in [0.15, 0.2) is 18.1 Å². The van der Waals surface area contributed by atoms with Gasteiger partial charge in [-0.3, -0.25) is 14.4 Å². The third-order valence-corrected chi connectivity index (χ3v) is 9.16. The zero-order valence-corrected chi connectivity index (χ0v) is 27.7. The normalized spacial score (nSPS) is 18.2. The lowest BCUT2D eigenvalue weighted by Crippen LogP contribution is -2.45. The summed E-state index contributed by atoms with van der Waals surface area (Å²) in [5, 5.41) is 12.3. The van der Waals surface area contributed by atoms with Gasteiger partial charge in [0.25, 0.3) is 5.91 Å². The highest BCUT2D eigenvalue weighted by Gasteiger charge is 2.39. The monoisotopic (exact) mass is 648 g/mol. The number of anilines is 1. The van der Waals surface area contributed by atoms with Crippen LogP contribution in [0.1, 0.15) is 68.8 Å². The van der Waals surface area contributed by atoms with Gasteiger partial charge in [0.05, 0.1) is 31.3 Å². The SMILES string of the molecule is COc1cc2c(cc1OC(C)C)[C@H](c1ccc(Cl)cc1)N(c1ccc([C@](C)(O)C3CCN(C(=O)COC(C)=O)CC3)cc1)C(=O)C2. The van der Waals surface area contributed by atoms with Crippen molar-refractivity contribution in [3.05, 3.63) is 87.9 Å². The van der Waals surface area contributed by atoms with Crippen LogP contribution in [0.5, 0.6) is 11.5 Å². The summed E-state index contributed by atoms with van der Waals surface area (Å²) in [6.07, 6.45) is 1.32. The Bertz CT molecular complexity index is 1580. The molecule has 2 atom stereocenters. The molecule has 0 unspecified atom stereocenters. The summed E-state index contributed by atoms with van der Waals surface area (Å²) in [6.45, 7) is 7.65. The molecule has 5 rings (SSSR count). The lowest BCUT2D eigenvalue weighted by molar-refractivity contribution is -0.151. The number of piperidine rings is 1.